The molecular formula is C17H22N2S. The summed E-state index contributed by atoms with van der Waals surface area (Å²) >= 11 is 2.01. The molecule has 1 aliphatic carbocycles. The van der Waals surface area contributed by atoms with Crippen LogP contribution < -0.4 is 5.32 Å². The Bertz CT molecular complexity index is 565. The molecule has 20 heavy (non-hydrogen) atoms. The quantitative estimate of drug-likeness (QED) is 0.912. The minimum absolute atomic E-state index is 0.429. The molecule has 2 aromatic rings. The summed E-state index contributed by atoms with van der Waals surface area (Å²) < 4.78 is 0. The highest BCUT2D eigenvalue weighted by Gasteiger charge is 2.16. The lowest BCUT2D eigenvalue weighted by Gasteiger charge is -2.13. The first kappa shape index (κ1) is 13.8. The Morgan fingerprint density at radius 1 is 1.35 bits per heavy atom. The zero-order valence-corrected chi connectivity index (χ0v) is 13.1. The first-order valence-corrected chi connectivity index (χ1v) is 8.30. The molecule has 3 rings (SSSR count). The third-order valence-corrected chi connectivity index (χ3v) is 5.60. The van der Waals surface area contributed by atoms with Crippen LogP contribution in [0, 0.1) is 6.92 Å². The van der Waals surface area contributed by atoms with E-state index in [4.69, 9.17) is 0 Å². The average Bonchev–Trinajstić information content (AvgIpc) is 2.90. The molecule has 2 heterocycles. The maximum atomic E-state index is 4.15. The van der Waals surface area contributed by atoms with Gasteiger partial charge in [-0.1, -0.05) is 0 Å². The molecule has 0 saturated carbocycles. The molecule has 0 aliphatic heterocycles. The molecular weight excluding hydrogens is 264 g/mol. The maximum Gasteiger partial charge on any atom is 0.0389 e. The number of nitrogens with one attached hydrogen (secondary N) is 1. The summed E-state index contributed by atoms with van der Waals surface area (Å²) in [5, 5.41) is 3.65. The first-order chi connectivity index (χ1) is 9.74. The zero-order valence-electron chi connectivity index (χ0n) is 12.3. The van der Waals surface area contributed by atoms with Crippen molar-refractivity contribution in [2.75, 3.05) is 0 Å². The molecule has 1 N–H and O–H groups in total. The predicted octanol–water partition coefficient (Wildman–Crippen LogP) is 4.18. The molecule has 3 heteroatoms. The summed E-state index contributed by atoms with van der Waals surface area (Å²) in [6, 6.07) is 4.96. The lowest BCUT2D eigenvalue weighted by Crippen LogP contribution is -2.17. The number of aromatic nitrogens is 1. The fraction of sp³-hybridized carbons (Fsp3) is 0.471. The molecule has 0 bridgehead atoms. The second-order valence-corrected chi connectivity index (χ2v) is 6.88. The molecule has 2 nitrogen and oxygen atoms in total. The van der Waals surface area contributed by atoms with Crippen LogP contribution in [0.2, 0.25) is 0 Å². The standard InChI is InChI=1S/C17H22N2S/c1-12-10-18-8-7-15(12)11-19-13(2)17-9-14-5-3-4-6-16(14)20-17/h7-10,13,19H,3-6,11H2,1-2H3. The van der Waals surface area contributed by atoms with Crippen molar-refractivity contribution in [2.24, 2.45) is 0 Å². The molecule has 0 saturated heterocycles. The summed E-state index contributed by atoms with van der Waals surface area (Å²) in [6.07, 6.45) is 9.11. The second-order valence-electron chi connectivity index (χ2n) is 5.71. The fourth-order valence-corrected chi connectivity index (χ4v) is 4.08. The first-order valence-electron chi connectivity index (χ1n) is 7.48. The maximum absolute atomic E-state index is 4.15. The van der Waals surface area contributed by atoms with Gasteiger partial charge in [0.05, 0.1) is 0 Å². The normalized spacial score (nSPS) is 15.9. The van der Waals surface area contributed by atoms with Crippen LogP contribution in [0.25, 0.3) is 0 Å². The highest BCUT2D eigenvalue weighted by Crippen LogP contribution is 2.32. The summed E-state index contributed by atoms with van der Waals surface area (Å²) in [5.74, 6) is 0. The molecule has 0 fully saturated rings. The Morgan fingerprint density at radius 2 is 2.20 bits per heavy atom. The van der Waals surface area contributed by atoms with Gasteiger partial charge in [0, 0.05) is 34.7 Å². The van der Waals surface area contributed by atoms with Crippen LogP contribution in [0.1, 0.15) is 52.3 Å². The van der Waals surface area contributed by atoms with Gasteiger partial charge in [0.25, 0.3) is 0 Å². The Kier molecular flexibility index (Phi) is 4.18. The van der Waals surface area contributed by atoms with E-state index < -0.39 is 0 Å². The minimum Gasteiger partial charge on any atom is -0.305 e. The van der Waals surface area contributed by atoms with E-state index in [1.807, 2.05) is 23.7 Å². The molecule has 0 aromatic carbocycles. The van der Waals surface area contributed by atoms with E-state index in [9.17, 15) is 0 Å². The Labute approximate surface area is 125 Å². The smallest absolute Gasteiger partial charge is 0.0389 e. The van der Waals surface area contributed by atoms with Crippen molar-refractivity contribution < 1.29 is 0 Å². The van der Waals surface area contributed by atoms with Gasteiger partial charge >= 0.3 is 0 Å². The van der Waals surface area contributed by atoms with Crippen LogP contribution in [0.15, 0.2) is 24.5 Å². The van der Waals surface area contributed by atoms with E-state index in [1.165, 1.54) is 41.7 Å². The van der Waals surface area contributed by atoms with Crippen LogP contribution in [-0.4, -0.2) is 4.98 Å². The molecule has 2 aromatic heterocycles. The predicted molar refractivity (Wildman–Crippen MR) is 85.2 cm³/mol. The summed E-state index contributed by atoms with van der Waals surface area (Å²) in [6.45, 7) is 5.31. The van der Waals surface area contributed by atoms with Gasteiger partial charge in [0.2, 0.25) is 0 Å². The van der Waals surface area contributed by atoms with Crippen molar-refractivity contribution >= 4 is 11.3 Å². The largest absolute Gasteiger partial charge is 0.305 e. The number of hydrogen-bond acceptors (Lipinski definition) is 3. The lowest BCUT2D eigenvalue weighted by molar-refractivity contribution is 0.580. The Morgan fingerprint density at radius 3 is 3.00 bits per heavy atom. The van der Waals surface area contributed by atoms with Crippen molar-refractivity contribution in [3.63, 3.8) is 0 Å². The Hall–Kier alpha value is -1.19. The third-order valence-electron chi connectivity index (χ3n) is 4.18. The molecule has 1 unspecified atom stereocenters. The fourth-order valence-electron chi connectivity index (χ4n) is 2.79. The topological polar surface area (TPSA) is 24.9 Å². The second kappa shape index (κ2) is 6.06. The van der Waals surface area contributed by atoms with Crippen LogP contribution in [0.5, 0.6) is 0 Å². The summed E-state index contributed by atoms with van der Waals surface area (Å²) in [4.78, 5) is 7.26. The SMILES string of the molecule is Cc1cnccc1CNC(C)c1cc2c(s1)CCCC2. The highest BCUT2D eigenvalue weighted by molar-refractivity contribution is 7.12. The van der Waals surface area contributed by atoms with Gasteiger partial charge in [-0.15, -0.1) is 11.3 Å². The number of fused-ring (bicyclic) bond motifs is 1. The van der Waals surface area contributed by atoms with Crippen molar-refractivity contribution in [3.05, 3.63) is 51.0 Å². The summed E-state index contributed by atoms with van der Waals surface area (Å²) in [5.41, 5.74) is 4.20. The van der Waals surface area contributed by atoms with Gasteiger partial charge in [0.1, 0.15) is 0 Å². The number of thiophene rings is 1. The minimum atomic E-state index is 0.429. The van der Waals surface area contributed by atoms with E-state index in [1.54, 1.807) is 10.4 Å². The van der Waals surface area contributed by atoms with Crippen LogP contribution in [0.4, 0.5) is 0 Å². The third kappa shape index (κ3) is 2.94. The molecule has 0 amide bonds. The van der Waals surface area contributed by atoms with Crippen molar-refractivity contribution in [1.29, 1.82) is 0 Å². The highest BCUT2D eigenvalue weighted by atomic mass is 32.1. The monoisotopic (exact) mass is 286 g/mol. The van der Waals surface area contributed by atoms with Crippen LogP contribution >= 0.6 is 11.3 Å². The molecule has 106 valence electrons. The number of pyridine rings is 1. The van der Waals surface area contributed by atoms with Gasteiger partial charge in [0.15, 0.2) is 0 Å². The van der Waals surface area contributed by atoms with E-state index in [0.29, 0.717) is 6.04 Å². The molecule has 0 radical (unpaired) electrons. The zero-order chi connectivity index (χ0) is 13.9. The summed E-state index contributed by atoms with van der Waals surface area (Å²) in [7, 11) is 0. The lowest BCUT2D eigenvalue weighted by atomic mass is 9.99. The van der Waals surface area contributed by atoms with Gasteiger partial charge in [-0.25, -0.2) is 0 Å². The van der Waals surface area contributed by atoms with Crippen LogP contribution in [0.3, 0.4) is 0 Å². The van der Waals surface area contributed by atoms with E-state index in [-0.39, 0.29) is 0 Å². The van der Waals surface area contributed by atoms with Gasteiger partial charge in [-0.3, -0.25) is 4.98 Å². The number of rotatable bonds is 4. The molecule has 1 aliphatic rings. The number of nitrogens with zero attached hydrogens (tertiary/aromatic N) is 1. The number of aryl methyl sites for hydroxylation is 3. The van der Waals surface area contributed by atoms with Crippen molar-refractivity contribution in [3.8, 4) is 0 Å². The van der Waals surface area contributed by atoms with Crippen LogP contribution in [-0.2, 0) is 19.4 Å². The molecule has 1 atom stereocenters. The van der Waals surface area contributed by atoms with E-state index in [0.717, 1.165) is 6.54 Å². The van der Waals surface area contributed by atoms with E-state index in [2.05, 4.69) is 36.3 Å². The van der Waals surface area contributed by atoms with Crippen molar-refractivity contribution in [1.82, 2.24) is 10.3 Å². The van der Waals surface area contributed by atoms with Gasteiger partial charge < -0.3 is 5.32 Å². The molecule has 0 spiro atoms. The Balaban J connectivity index is 1.66. The van der Waals surface area contributed by atoms with E-state index >= 15 is 0 Å². The van der Waals surface area contributed by atoms with Crippen molar-refractivity contribution in [2.45, 2.75) is 52.1 Å². The van der Waals surface area contributed by atoms with Gasteiger partial charge in [-0.2, -0.15) is 0 Å². The van der Waals surface area contributed by atoms with Gasteiger partial charge in [-0.05, 0) is 68.4 Å². The number of hydrogen-bond donors (Lipinski definition) is 1. The average molecular weight is 286 g/mol.